The quantitative estimate of drug-likeness (QED) is 0.760. The molecule has 0 N–H and O–H groups in total. The number of carbonyl (C=O) groups excluding carboxylic acids is 1. The third-order valence-electron chi connectivity index (χ3n) is 2.60. The highest BCUT2D eigenvalue weighted by Gasteiger charge is 2.05. The summed E-state index contributed by atoms with van der Waals surface area (Å²) in [6, 6.07) is 10.5. The molecule has 0 amide bonds. The topological polar surface area (TPSA) is 17.1 Å². The number of hydrogen-bond acceptors (Lipinski definition) is 2. The smallest absolute Gasteiger partial charge is 0.150 e. The molecule has 0 saturated carbocycles. The van der Waals surface area contributed by atoms with Gasteiger partial charge < -0.3 is 0 Å². The highest BCUT2D eigenvalue weighted by atomic mass is 32.2. The summed E-state index contributed by atoms with van der Waals surface area (Å²) in [6.45, 7) is 4.04. The Balaban J connectivity index is 2.36. The molecule has 0 radical (unpaired) electrons. The minimum atomic E-state index is -0.382. The molecule has 2 rings (SSSR count). The summed E-state index contributed by atoms with van der Waals surface area (Å²) in [5, 5.41) is 0. The van der Waals surface area contributed by atoms with Crippen LogP contribution in [0.15, 0.2) is 46.2 Å². The van der Waals surface area contributed by atoms with E-state index in [9.17, 15) is 9.18 Å². The van der Waals surface area contributed by atoms with Gasteiger partial charge in [-0.25, -0.2) is 4.39 Å². The molecule has 2 aromatic carbocycles. The summed E-state index contributed by atoms with van der Waals surface area (Å²) in [5.41, 5.74) is 2.67. The Labute approximate surface area is 110 Å². The van der Waals surface area contributed by atoms with Gasteiger partial charge in [0.25, 0.3) is 0 Å². The molecule has 0 heterocycles. The van der Waals surface area contributed by atoms with Gasteiger partial charge in [-0.05, 0) is 49.2 Å². The molecule has 18 heavy (non-hydrogen) atoms. The van der Waals surface area contributed by atoms with Crippen molar-refractivity contribution in [2.45, 2.75) is 23.6 Å². The second-order valence-corrected chi connectivity index (χ2v) is 5.32. The fraction of sp³-hybridized carbons (Fsp3) is 0.133. The van der Waals surface area contributed by atoms with Gasteiger partial charge in [-0.2, -0.15) is 0 Å². The van der Waals surface area contributed by atoms with E-state index in [0.717, 1.165) is 20.9 Å². The Bertz CT molecular complexity index is 593. The van der Waals surface area contributed by atoms with Gasteiger partial charge in [0.2, 0.25) is 0 Å². The van der Waals surface area contributed by atoms with Crippen LogP contribution in [0.2, 0.25) is 0 Å². The summed E-state index contributed by atoms with van der Waals surface area (Å²) < 4.78 is 13.3. The highest BCUT2D eigenvalue weighted by molar-refractivity contribution is 7.99. The normalized spacial score (nSPS) is 10.4. The Morgan fingerprint density at radius 3 is 2.61 bits per heavy atom. The molecule has 0 aliphatic heterocycles. The molecule has 3 heteroatoms. The van der Waals surface area contributed by atoms with Gasteiger partial charge in [0, 0.05) is 15.4 Å². The maximum atomic E-state index is 13.3. The molecule has 0 bridgehead atoms. The van der Waals surface area contributed by atoms with Gasteiger partial charge in [-0.15, -0.1) is 0 Å². The number of aryl methyl sites for hydroxylation is 2. The van der Waals surface area contributed by atoms with Crippen molar-refractivity contribution in [1.29, 1.82) is 0 Å². The van der Waals surface area contributed by atoms with Crippen LogP contribution < -0.4 is 0 Å². The fourth-order valence-electron chi connectivity index (χ4n) is 1.66. The molecule has 0 saturated heterocycles. The molecule has 1 nitrogen and oxygen atoms in total. The summed E-state index contributed by atoms with van der Waals surface area (Å²) in [6.07, 6.45) is 0.663. The third-order valence-corrected chi connectivity index (χ3v) is 3.73. The molecular weight excluding hydrogens is 247 g/mol. The molecule has 0 fully saturated rings. The van der Waals surface area contributed by atoms with Crippen LogP contribution in [-0.4, -0.2) is 6.29 Å². The zero-order chi connectivity index (χ0) is 13.1. The van der Waals surface area contributed by atoms with Crippen LogP contribution in [0.3, 0.4) is 0 Å². The molecule has 2 aromatic rings. The van der Waals surface area contributed by atoms with Crippen molar-refractivity contribution in [2.75, 3.05) is 0 Å². The minimum absolute atomic E-state index is 0.364. The van der Waals surface area contributed by atoms with Crippen LogP contribution in [0.4, 0.5) is 4.39 Å². The van der Waals surface area contributed by atoms with Crippen LogP contribution in [0.1, 0.15) is 21.5 Å². The van der Waals surface area contributed by atoms with Crippen molar-refractivity contribution in [3.05, 3.63) is 58.9 Å². The van der Waals surface area contributed by atoms with Crippen molar-refractivity contribution in [1.82, 2.24) is 0 Å². The van der Waals surface area contributed by atoms with Gasteiger partial charge >= 0.3 is 0 Å². The highest BCUT2D eigenvalue weighted by Crippen LogP contribution is 2.31. The predicted octanol–water partition coefficient (Wildman–Crippen LogP) is 4.41. The summed E-state index contributed by atoms with van der Waals surface area (Å²) in [7, 11) is 0. The Kier molecular flexibility index (Phi) is 3.82. The van der Waals surface area contributed by atoms with Gasteiger partial charge in [-0.3, -0.25) is 4.79 Å². The van der Waals surface area contributed by atoms with Crippen molar-refractivity contribution in [3.63, 3.8) is 0 Å². The second-order valence-electron chi connectivity index (χ2n) is 4.21. The lowest BCUT2D eigenvalue weighted by Gasteiger charge is -2.07. The van der Waals surface area contributed by atoms with Crippen LogP contribution >= 0.6 is 11.8 Å². The van der Waals surface area contributed by atoms with E-state index in [-0.39, 0.29) is 5.82 Å². The molecule has 0 unspecified atom stereocenters. The van der Waals surface area contributed by atoms with Crippen LogP contribution in [-0.2, 0) is 0 Å². The molecule has 0 spiro atoms. The first-order chi connectivity index (χ1) is 8.58. The van der Waals surface area contributed by atoms with E-state index >= 15 is 0 Å². The first kappa shape index (κ1) is 12.8. The average molecular weight is 260 g/mol. The van der Waals surface area contributed by atoms with Gasteiger partial charge in [-0.1, -0.05) is 23.9 Å². The lowest BCUT2D eigenvalue weighted by atomic mass is 10.2. The van der Waals surface area contributed by atoms with Crippen LogP contribution in [0, 0.1) is 19.7 Å². The molecular formula is C15H13FOS. The van der Waals surface area contributed by atoms with Gasteiger partial charge in [0.05, 0.1) is 0 Å². The minimum Gasteiger partial charge on any atom is -0.298 e. The maximum absolute atomic E-state index is 13.3. The second kappa shape index (κ2) is 5.36. The molecule has 92 valence electrons. The molecule has 0 atom stereocenters. The van der Waals surface area contributed by atoms with E-state index in [4.69, 9.17) is 0 Å². The van der Waals surface area contributed by atoms with Gasteiger partial charge in [0.1, 0.15) is 12.1 Å². The number of hydrogen-bond donors (Lipinski definition) is 0. The zero-order valence-corrected chi connectivity index (χ0v) is 11.1. The number of aldehydes is 1. The van der Waals surface area contributed by atoms with Gasteiger partial charge in [0.15, 0.2) is 0 Å². The first-order valence-electron chi connectivity index (χ1n) is 5.59. The summed E-state index contributed by atoms with van der Waals surface area (Å²) >= 11 is 1.47. The number of benzene rings is 2. The van der Waals surface area contributed by atoms with Crippen molar-refractivity contribution in [2.24, 2.45) is 0 Å². The lowest BCUT2D eigenvalue weighted by molar-refractivity contribution is 0.112. The SMILES string of the molecule is Cc1ccc(C)c(Sc2cc(F)cc(C=O)c2)c1. The molecule has 0 aromatic heterocycles. The van der Waals surface area contributed by atoms with Crippen molar-refractivity contribution < 1.29 is 9.18 Å². The van der Waals surface area contributed by atoms with Crippen LogP contribution in [0.25, 0.3) is 0 Å². The summed E-state index contributed by atoms with van der Waals surface area (Å²) in [5.74, 6) is -0.382. The predicted molar refractivity (Wildman–Crippen MR) is 71.8 cm³/mol. The van der Waals surface area contributed by atoms with E-state index in [1.807, 2.05) is 26.0 Å². The van der Waals surface area contributed by atoms with E-state index in [0.29, 0.717) is 11.8 Å². The standard InChI is InChI=1S/C15H13FOS/c1-10-3-4-11(2)15(5-10)18-14-7-12(9-17)6-13(16)8-14/h3-9H,1-2H3. The monoisotopic (exact) mass is 260 g/mol. The molecule has 0 aliphatic rings. The van der Waals surface area contributed by atoms with Crippen molar-refractivity contribution >= 4 is 18.0 Å². The van der Waals surface area contributed by atoms with Crippen molar-refractivity contribution in [3.8, 4) is 0 Å². The first-order valence-corrected chi connectivity index (χ1v) is 6.41. The van der Waals surface area contributed by atoms with Crippen LogP contribution in [0.5, 0.6) is 0 Å². The number of rotatable bonds is 3. The third kappa shape index (κ3) is 2.99. The summed E-state index contributed by atoms with van der Waals surface area (Å²) in [4.78, 5) is 12.5. The van der Waals surface area contributed by atoms with E-state index < -0.39 is 0 Å². The maximum Gasteiger partial charge on any atom is 0.150 e. The number of carbonyl (C=O) groups is 1. The van der Waals surface area contributed by atoms with E-state index in [1.54, 1.807) is 6.07 Å². The van der Waals surface area contributed by atoms with E-state index in [2.05, 4.69) is 6.07 Å². The lowest BCUT2D eigenvalue weighted by Crippen LogP contribution is -1.86. The Hall–Kier alpha value is -1.61. The molecule has 0 aliphatic carbocycles. The average Bonchev–Trinajstić information content (AvgIpc) is 2.33. The van der Waals surface area contributed by atoms with E-state index in [1.165, 1.54) is 23.9 Å². The fourth-order valence-corrected chi connectivity index (χ4v) is 2.75. The number of halogens is 1. The zero-order valence-electron chi connectivity index (χ0n) is 10.2. The largest absolute Gasteiger partial charge is 0.298 e. The Morgan fingerprint density at radius 2 is 1.89 bits per heavy atom. The Morgan fingerprint density at radius 1 is 1.11 bits per heavy atom.